The van der Waals surface area contributed by atoms with Gasteiger partial charge in [-0.3, -0.25) is 0 Å². The Morgan fingerprint density at radius 3 is 2.35 bits per heavy atom. The molecule has 6 heteroatoms. The van der Waals surface area contributed by atoms with Crippen LogP contribution >= 0.6 is 39.1 Å². The first-order valence-electron chi connectivity index (χ1n) is 5.62. The maximum atomic E-state index is 12.4. The van der Waals surface area contributed by atoms with Gasteiger partial charge in [0.05, 0.1) is 14.9 Å². The monoisotopic (exact) mass is 380 g/mol. The van der Waals surface area contributed by atoms with Crippen LogP contribution in [0.3, 0.4) is 0 Å². The number of rotatable bonds is 4. The van der Waals surface area contributed by atoms with Crippen LogP contribution in [0.2, 0.25) is 10.0 Å². The van der Waals surface area contributed by atoms with E-state index in [1.165, 1.54) is 6.07 Å². The molecule has 0 aliphatic heterocycles. The van der Waals surface area contributed by atoms with E-state index in [4.69, 9.17) is 23.2 Å². The molecule has 0 aliphatic rings. The lowest BCUT2D eigenvalue weighted by Gasteiger charge is -2.16. The van der Waals surface area contributed by atoms with Crippen molar-refractivity contribution in [2.75, 3.05) is 0 Å². The molecule has 0 aliphatic carbocycles. The van der Waals surface area contributed by atoms with Gasteiger partial charge in [-0.15, -0.1) is 0 Å². The lowest BCUT2D eigenvalue weighted by molar-refractivity contribution is -0.0503. The van der Waals surface area contributed by atoms with E-state index >= 15 is 0 Å². The molecular weight excluding hydrogens is 373 g/mol. The molecule has 0 saturated carbocycles. The predicted molar refractivity (Wildman–Crippen MR) is 80.3 cm³/mol. The average Bonchev–Trinajstić information content (AvgIpc) is 2.41. The Labute approximate surface area is 133 Å². The van der Waals surface area contributed by atoms with E-state index in [-0.39, 0.29) is 10.6 Å². The van der Waals surface area contributed by atoms with Gasteiger partial charge in [0.2, 0.25) is 0 Å². The Morgan fingerprint density at radius 2 is 1.70 bits per heavy atom. The molecule has 1 unspecified atom stereocenters. The summed E-state index contributed by atoms with van der Waals surface area (Å²) in [6.45, 7) is -2.87. The quantitative estimate of drug-likeness (QED) is 0.583. The Bertz CT molecular complexity index is 607. The van der Waals surface area contributed by atoms with Gasteiger partial charge in [-0.2, -0.15) is 8.78 Å². The summed E-state index contributed by atoms with van der Waals surface area (Å²) in [7, 11) is 0. The van der Waals surface area contributed by atoms with Gasteiger partial charge >= 0.3 is 6.61 Å². The fourth-order valence-electron chi connectivity index (χ4n) is 1.74. The van der Waals surface area contributed by atoms with Gasteiger partial charge in [0.15, 0.2) is 0 Å². The molecule has 1 nitrogen and oxygen atoms in total. The zero-order valence-corrected chi connectivity index (χ0v) is 13.1. The maximum Gasteiger partial charge on any atom is 0.387 e. The van der Waals surface area contributed by atoms with Crippen molar-refractivity contribution in [3.8, 4) is 5.75 Å². The lowest BCUT2D eigenvalue weighted by Crippen LogP contribution is -2.05. The predicted octanol–water partition coefficient (Wildman–Crippen LogP) is 6.08. The zero-order chi connectivity index (χ0) is 14.7. The number of benzene rings is 2. The van der Waals surface area contributed by atoms with Crippen LogP contribution in [-0.4, -0.2) is 6.61 Å². The number of halogens is 5. The normalized spacial score (nSPS) is 12.5. The smallest absolute Gasteiger partial charge is 0.387 e. The molecule has 1 atom stereocenters. The molecule has 2 aromatic rings. The Balaban J connectivity index is 2.37. The van der Waals surface area contributed by atoms with Crippen molar-refractivity contribution < 1.29 is 13.5 Å². The van der Waals surface area contributed by atoms with E-state index in [9.17, 15) is 8.78 Å². The molecule has 0 N–H and O–H groups in total. The van der Waals surface area contributed by atoms with Crippen LogP contribution in [0.15, 0.2) is 42.5 Å². The molecule has 2 aromatic carbocycles. The third-order valence-corrected chi connectivity index (χ3v) is 4.41. The summed E-state index contributed by atoms with van der Waals surface area (Å²) in [5, 5.41) is 0.841. The Hall–Kier alpha value is -0.840. The van der Waals surface area contributed by atoms with Crippen molar-refractivity contribution in [1.82, 2.24) is 0 Å². The summed E-state index contributed by atoms with van der Waals surface area (Å²) in [5.74, 6) is 0.121. The van der Waals surface area contributed by atoms with Crippen LogP contribution in [0.5, 0.6) is 5.75 Å². The molecule has 106 valence electrons. The van der Waals surface area contributed by atoms with Gasteiger partial charge in [-0.25, -0.2) is 0 Å². The fourth-order valence-corrected chi connectivity index (χ4v) is 2.71. The van der Waals surface area contributed by atoms with Crippen molar-refractivity contribution >= 4 is 39.1 Å². The number of alkyl halides is 3. The van der Waals surface area contributed by atoms with Crippen molar-refractivity contribution in [3.63, 3.8) is 0 Å². The molecule has 0 spiro atoms. The second kappa shape index (κ2) is 6.74. The van der Waals surface area contributed by atoms with Crippen LogP contribution < -0.4 is 4.74 Å². The Kier molecular flexibility index (Phi) is 5.24. The Morgan fingerprint density at radius 1 is 1.00 bits per heavy atom. The van der Waals surface area contributed by atoms with Crippen LogP contribution in [-0.2, 0) is 0 Å². The van der Waals surface area contributed by atoms with Crippen LogP contribution in [0.4, 0.5) is 8.78 Å². The van der Waals surface area contributed by atoms with E-state index < -0.39 is 6.61 Å². The molecule has 0 fully saturated rings. The topological polar surface area (TPSA) is 9.23 Å². The number of para-hydroxylation sites is 1. The van der Waals surface area contributed by atoms with E-state index in [1.54, 1.807) is 36.4 Å². The fraction of sp³-hybridized carbons (Fsp3) is 0.143. The highest BCUT2D eigenvalue weighted by atomic mass is 79.9. The van der Waals surface area contributed by atoms with Crippen molar-refractivity contribution in [2.24, 2.45) is 0 Å². The number of ether oxygens (including phenoxy) is 1. The minimum atomic E-state index is -2.87. The molecule has 0 heterocycles. The summed E-state index contributed by atoms with van der Waals surface area (Å²) < 4.78 is 29.3. The molecule has 2 rings (SSSR count). The first-order chi connectivity index (χ1) is 9.49. The van der Waals surface area contributed by atoms with Gasteiger partial charge in [-0.1, -0.05) is 63.4 Å². The van der Waals surface area contributed by atoms with Crippen LogP contribution in [0.25, 0.3) is 0 Å². The van der Waals surface area contributed by atoms with Crippen LogP contribution in [0, 0.1) is 0 Å². The summed E-state index contributed by atoms with van der Waals surface area (Å²) in [6.07, 6.45) is 0. The summed E-state index contributed by atoms with van der Waals surface area (Å²) in [5.41, 5.74) is 1.39. The SMILES string of the molecule is FC(F)Oc1ccccc1C(Br)c1ccc(Cl)c(Cl)c1. The highest BCUT2D eigenvalue weighted by Crippen LogP contribution is 2.38. The lowest BCUT2D eigenvalue weighted by atomic mass is 10.0. The molecule has 20 heavy (non-hydrogen) atoms. The van der Waals surface area contributed by atoms with Crippen molar-refractivity contribution in [1.29, 1.82) is 0 Å². The second-order valence-corrected chi connectivity index (χ2v) is 5.68. The van der Waals surface area contributed by atoms with E-state index in [2.05, 4.69) is 20.7 Å². The minimum absolute atomic E-state index is 0.121. The minimum Gasteiger partial charge on any atom is -0.434 e. The highest BCUT2D eigenvalue weighted by Gasteiger charge is 2.18. The van der Waals surface area contributed by atoms with Crippen LogP contribution in [0.1, 0.15) is 16.0 Å². The highest BCUT2D eigenvalue weighted by molar-refractivity contribution is 9.09. The maximum absolute atomic E-state index is 12.4. The largest absolute Gasteiger partial charge is 0.434 e. The molecule has 0 saturated heterocycles. The first kappa shape index (κ1) is 15.5. The standard InChI is InChI=1S/C14H9BrCl2F2O/c15-13(8-5-6-10(16)11(17)7-8)9-3-1-2-4-12(9)20-14(18)19/h1-7,13-14H. The van der Waals surface area contributed by atoms with Crippen molar-refractivity contribution in [2.45, 2.75) is 11.4 Å². The third-order valence-electron chi connectivity index (χ3n) is 2.64. The average molecular weight is 382 g/mol. The number of hydrogen-bond donors (Lipinski definition) is 0. The van der Waals surface area contributed by atoms with Gasteiger partial charge in [-0.05, 0) is 23.8 Å². The van der Waals surface area contributed by atoms with E-state index in [0.717, 1.165) is 5.56 Å². The van der Waals surface area contributed by atoms with Crippen molar-refractivity contribution in [3.05, 3.63) is 63.6 Å². The molecule has 0 aromatic heterocycles. The summed E-state index contributed by atoms with van der Waals surface area (Å²) >= 11 is 15.3. The summed E-state index contributed by atoms with van der Waals surface area (Å²) in [4.78, 5) is -0.327. The zero-order valence-electron chi connectivity index (χ0n) is 9.99. The molecule has 0 amide bonds. The molecular formula is C14H9BrCl2F2O. The summed E-state index contributed by atoms with van der Waals surface area (Å²) in [6, 6.07) is 11.7. The molecule has 0 radical (unpaired) electrons. The van der Waals surface area contributed by atoms with Gasteiger partial charge < -0.3 is 4.74 Å². The molecule has 0 bridgehead atoms. The second-order valence-electron chi connectivity index (χ2n) is 3.95. The first-order valence-corrected chi connectivity index (χ1v) is 7.29. The third kappa shape index (κ3) is 3.62. The van der Waals surface area contributed by atoms with Gasteiger partial charge in [0, 0.05) is 5.56 Å². The number of hydrogen-bond acceptors (Lipinski definition) is 1. The van der Waals surface area contributed by atoms with Gasteiger partial charge in [0.1, 0.15) is 5.75 Å². The van der Waals surface area contributed by atoms with Gasteiger partial charge in [0.25, 0.3) is 0 Å². The van der Waals surface area contributed by atoms with E-state index in [0.29, 0.717) is 15.6 Å². The van der Waals surface area contributed by atoms with E-state index in [1.807, 2.05) is 0 Å².